The number of alkyl carbamates (subject to hydrolysis) is 1. The third-order valence-corrected chi connectivity index (χ3v) is 2.63. The molecule has 0 rings (SSSR count). The zero-order chi connectivity index (χ0) is 14.0. The fourth-order valence-corrected chi connectivity index (χ4v) is 1.42. The Bertz CT molecular complexity index is 354. The zero-order valence-electron chi connectivity index (χ0n) is 11.5. The Morgan fingerprint density at radius 2 is 2.17 bits per heavy atom. The molecule has 0 aliphatic carbocycles. The summed E-state index contributed by atoms with van der Waals surface area (Å²) in [6.07, 6.45) is 8.68. The minimum atomic E-state index is -0.441. The summed E-state index contributed by atoms with van der Waals surface area (Å²) in [6.45, 7) is 11.7. The number of nitrogens with one attached hydrogen (secondary N) is 1. The van der Waals surface area contributed by atoms with Crippen LogP contribution in [0, 0.1) is 0 Å². The topological polar surface area (TPSA) is 38.3 Å². The van der Waals surface area contributed by atoms with Crippen molar-refractivity contribution in [2.24, 2.45) is 0 Å². The molecule has 0 spiro atoms. The van der Waals surface area contributed by atoms with E-state index >= 15 is 0 Å². The second kappa shape index (κ2) is 9.28. The van der Waals surface area contributed by atoms with Crippen LogP contribution < -0.4 is 5.32 Å². The van der Waals surface area contributed by atoms with E-state index < -0.39 is 6.09 Å². The van der Waals surface area contributed by atoms with Crippen molar-refractivity contribution >= 4 is 6.09 Å². The number of rotatable bonds is 7. The molecule has 1 amide bonds. The third kappa shape index (κ3) is 6.09. The number of carbonyl (C=O) groups excluding carboxylic acids is 1. The molecule has 0 aromatic rings. The Hall–Kier alpha value is -1.77. The molecule has 18 heavy (non-hydrogen) atoms. The van der Waals surface area contributed by atoms with Crippen LogP contribution >= 0.6 is 0 Å². The molecule has 0 fully saturated rings. The van der Waals surface area contributed by atoms with E-state index in [9.17, 15) is 4.79 Å². The third-order valence-electron chi connectivity index (χ3n) is 2.63. The Morgan fingerprint density at radius 1 is 1.50 bits per heavy atom. The van der Waals surface area contributed by atoms with Crippen LogP contribution in [0.25, 0.3) is 0 Å². The number of hydrogen-bond donors (Lipinski definition) is 1. The van der Waals surface area contributed by atoms with Crippen LogP contribution in [-0.4, -0.2) is 19.2 Å². The predicted molar refractivity (Wildman–Crippen MR) is 76.5 cm³/mol. The highest BCUT2D eigenvalue weighted by Crippen LogP contribution is 2.15. The van der Waals surface area contributed by atoms with Crippen LogP contribution in [0.5, 0.6) is 0 Å². The highest BCUT2D eigenvalue weighted by Gasteiger charge is 2.15. The summed E-state index contributed by atoms with van der Waals surface area (Å²) in [5, 5.41) is 2.79. The van der Waals surface area contributed by atoms with Gasteiger partial charge < -0.3 is 10.1 Å². The maximum Gasteiger partial charge on any atom is 0.407 e. The van der Waals surface area contributed by atoms with E-state index in [2.05, 4.69) is 23.2 Å². The molecule has 1 atom stereocenters. The molecule has 0 saturated carbocycles. The molecule has 3 nitrogen and oxygen atoms in total. The van der Waals surface area contributed by atoms with Crippen LogP contribution in [0.4, 0.5) is 4.79 Å². The van der Waals surface area contributed by atoms with E-state index in [1.54, 1.807) is 6.08 Å². The molecule has 0 radical (unpaired) electrons. The average Bonchev–Trinajstić information content (AvgIpc) is 2.40. The lowest BCUT2D eigenvalue weighted by Crippen LogP contribution is -2.36. The minimum Gasteiger partial charge on any atom is -0.453 e. The first-order valence-electron chi connectivity index (χ1n) is 6.05. The number of ether oxygens (including phenoxy) is 1. The van der Waals surface area contributed by atoms with Crippen molar-refractivity contribution < 1.29 is 9.53 Å². The Labute approximate surface area is 110 Å². The van der Waals surface area contributed by atoms with Crippen molar-refractivity contribution in [1.29, 1.82) is 0 Å². The van der Waals surface area contributed by atoms with Crippen molar-refractivity contribution in [3.05, 3.63) is 48.6 Å². The lowest BCUT2D eigenvalue weighted by molar-refractivity contribution is 0.168. The van der Waals surface area contributed by atoms with E-state index in [0.29, 0.717) is 6.42 Å². The lowest BCUT2D eigenvalue weighted by atomic mass is 9.98. The predicted octanol–water partition coefficient (Wildman–Crippen LogP) is 3.76. The summed E-state index contributed by atoms with van der Waals surface area (Å²) < 4.78 is 4.62. The number of carbonyl (C=O) groups is 1. The number of allylic oxidation sites excluding steroid dienone is 4. The maximum absolute atomic E-state index is 11.3. The van der Waals surface area contributed by atoms with Crippen molar-refractivity contribution in [1.82, 2.24) is 5.32 Å². The number of methoxy groups -OCH3 is 1. The molecule has 3 heteroatoms. The van der Waals surface area contributed by atoms with Crippen molar-refractivity contribution in [3.8, 4) is 0 Å². The van der Waals surface area contributed by atoms with Gasteiger partial charge in [-0.1, -0.05) is 50.0 Å². The van der Waals surface area contributed by atoms with Crippen molar-refractivity contribution in [2.75, 3.05) is 7.11 Å². The maximum atomic E-state index is 11.3. The molecule has 0 aliphatic rings. The van der Waals surface area contributed by atoms with Crippen LogP contribution in [0.1, 0.15) is 26.7 Å². The number of hydrogen-bond acceptors (Lipinski definition) is 2. The van der Waals surface area contributed by atoms with Gasteiger partial charge in [-0.05, 0) is 25.3 Å². The Kier molecular flexibility index (Phi) is 8.37. The van der Waals surface area contributed by atoms with Gasteiger partial charge in [0.1, 0.15) is 0 Å². The van der Waals surface area contributed by atoms with Gasteiger partial charge in [0, 0.05) is 0 Å². The van der Waals surface area contributed by atoms with Crippen LogP contribution in [0.15, 0.2) is 48.6 Å². The summed E-state index contributed by atoms with van der Waals surface area (Å²) in [4.78, 5) is 11.3. The second-order valence-electron chi connectivity index (χ2n) is 3.88. The average molecular weight is 249 g/mol. The Morgan fingerprint density at radius 3 is 2.61 bits per heavy atom. The van der Waals surface area contributed by atoms with Crippen LogP contribution in [0.2, 0.25) is 0 Å². The van der Waals surface area contributed by atoms with Gasteiger partial charge in [-0.25, -0.2) is 4.79 Å². The smallest absolute Gasteiger partial charge is 0.407 e. The van der Waals surface area contributed by atoms with E-state index in [1.165, 1.54) is 7.11 Å². The van der Waals surface area contributed by atoms with E-state index in [4.69, 9.17) is 0 Å². The highest BCUT2D eigenvalue weighted by molar-refractivity contribution is 5.68. The SMILES string of the molecule is C=C/C(=C\C=C/C)C[C@H](NC(=O)OC)C(=C)CC. The fraction of sp³-hybridized carbons (Fsp3) is 0.400. The molecule has 100 valence electrons. The molecule has 0 bridgehead atoms. The van der Waals surface area contributed by atoms with Crippen molar-refractivity contribution in [3.63, 3.8) is 0 Å². The van der Waals surface area contributed by atoms with E-state index in [1.807, 2.05) is 32.1 Å². The summed E-state index contributed by atoms with van der Waals surface area (Å²) in [6, 6.07) is -0.128. The summed E-state index contributed by atoms with van der Waals surface area (Å²) in [5.74, 6) is 0. The van der Waals surface area contributed by atoms with Crippen LogP contribution in [-0.2, 0) is 4.74 Å². The quantitative estimate of drug-likeness (QED) is 0.551. The first-order valence-corrected chi connectivity index (χ1v) is 6.05. The van der Waals surface area contributed by atoms with Gasteiger partial charge in [0.2, 0.25) is 0 Å². The van der Waals surface area contributed by atoms with Gasteiger partial charge >= 0.3 is 6.09 Å². The van der Waals surface area contributed by atoms with Gasteiger partial charge in [-0.3, -0.25) is 0 Å². The highest BCUT2D eigenvalue weighted by atomic mass is 16.5. The molecule has 0 unspecified atom stereocenters. The minimum absolute atomic E-state index is 0.128. The molecular formula is C15H23NO2. The molecular weight excluding hydrogens is 226 g/mol. The molecule has 0 saturated heterocycles. The standard InChI is InChI=1S/C15H23NO2/c1-6-9-10-13(8-3)11-14(12(4)7-2)16-15(17)18-5/h6,8-10,14H,3-4,7,11H2,1-2,5H3,(H,16,17)/b9-6-,13-10+/t14-/m0/s1. The van der Waals surface area contributed by atoms with E-state index in [-0.39, 0.29) is 6.04 Å². The monoisotopic (exact) mass is 249 g/mol. The van der Waals surface area contributed by atoms with Gasteiger partial charge in [0.25, 0.3) is 0 Å². The van der Waals surface area contributed by atoms with Gasteiger partial charge in [-0.15, -0.1) is 0 Å². The summed E-state index contributed by atoms with van der Waals surface area (Å²) >= 11 is 0. The normalized spacial score (nSPS) is 13.2. The second-order valence-corrected chi connectivity index (χ2v) is 3.88. The van der Waals surface area contributed by atoms with Gasteiger partial charge in [-0.2, -0.15) is 0 Å². The molecule has 1 N–H and O–H groups in total. The first kappa shape index (κ1) is 16.2. The number of amides is 1. The molecule has 0 heterocycles. The molecule has 0 aromatic heterocycles. The zero-order valence-corrected chi connectivity index (χ0v) is 11.5. The Balaban J connectivity index is 4.81. The van der Waals surface area contributed by atoms with E-state index in [0.717, 1.165) is 17.6 Å². The lowest BCUT2D eigenvalue weighted by Gasteiger charge is -2.20. The van der Waals surface area contributed by atoms with Gasteiger partial charge in [0.15, 0.2) is 0 Å². The van der Waals surface area contributed by atoms with Crippen molar-refractivity contribution in [2.45, 2.75) is 32.7 Å². The first-order chi connectivity index (χ1) is 8.58. The summed E-state index contributed by atoms with van der Waals surface area (Å²) in [7, 11) is 1.35. The summed E-state index contributed by atoms with van der Waals surface area (Å²) in [5.41, 5.74) is 2.01. The van der Waals surface area contributed by atoms with Gasteiger partial charge in [0.05, 0.1) is 13.2 Å². The molecule has 0 aromatic carbocycles. The fourth-order valence-electron chi connectivity index (χ4n) is 1.42. The molecule has 0 aliphatic heterocycles. The largest absolute Gasteiger partial charge is 0.453 e. The van der Waals surface area contributed by atoms with Crippen LogP contribution in [0.3, 0.4) is 0 Å².